The minimum atomic E-state index is -4.37. The Hall–Kier alpha value is -2.61. The molecule has 0 fully saturated rings. The average molecular weight is 379 g/mol. The van der Waals surface area contributed by atoms with E-state index in [0.29, 0.717) is 11.3 Å². The number of halogens is 3. The molecule has 1 N–H and O–H groups in total. The van der Waals surface area contributed by atoms with E-state index in [1.165, 1.54) is 28.4 Å². The van der Waals surface area contributed by atoms with Crippen LogP contribution in [0.4, 0.5) is 13.2 Å². The Balaban J connectivity index is 1.69. The molecule has 0 unspecified atom stereocenters. The van der Waals surface area contributed by atoms with Crippen molar-refractivity contribution in [2.75, 3.05) is 7.05 Å². The molecule has 0 bridgehead atoms. The number of carbonyl (C=O) groups is 1. The number of alkyl halides is 3. The van der Waals surface area contributed by atoms with Gasteiger partial charge in [-0.2, -0.15) is 13.2 Å². The highest BCUT2D eigenvalue weighted by atomic mass is 32.1. The molecule has 0 atom stereocenters. The lowest BCUT2D eigenvalue weighted by Gasteiger charge is -2.17. The summed E-state index contributed by atoms with van der Waals surface area (Å²) in [5, 5.41) is 2.85. The molecule has 0 spiro atoms. The zero-order valence-corrected chi connectivity index (χ0v) is 14.9. The van der Waals surface area contributed by atoms with Crippen LogP contribution < -0.4 is 0 Å². The molecule has 0 aliphatic carbocycles. The van der Waals surface area contributed by atoms with Crippen molar-refractivity contribution in [1.82, 2.24) is 14.9 Å². The zero-order valence-electron chi connectivity index (χ0n) is 14.1. The summed E-state index contributed by atoms with van der Waals surface area (Å²) >= 11 is 1.53. The second kappa shape index (κ2) is 6.95. The SMILES string of the molecule is Cc1nc(-c2c[nH]c(C(=O)N(C)Cc3ccc(C(F)(F)F)cc3)c2)cs1. The van der Waals surface area contributed by atoms with Crippen LogP contribution in [0.25, 0.3) is 11.3 Å². The fraction of sp³-hybridized carbons (Fsp3) is 0.222. The molecule has 8 heteroatoms. The van der Waals surface area contributed by atoms with Crippen molar-refractivity contribution in [1.29, 1.82) is 0 Å². The quantitative estimate of drug-likeness (QED) is 0.712. The van der Waals surface area contributed by atoms with Gasteiger partial charge in [0, 0.05) is 30.7 Å². The maximum atomic E-state index is 12.6. The Morgan fingerprint density at radius 3 is 2.54 bits per heavy atom. The summed E-state index contributed by atoms with van der Waals surface area (Å²) in [7, 11) is 1.60. The Labute approximate surface area is 152 Å². The van der Waals surface area contributed by atoms with E-state index in [0.717, 1.165) is 28.4 Å². The summed E-state index contributed by atoms with van der Waals surface area (Å²) in [6, 6.07) is 6.52. The van der Waals surface area contributed by atoms with Gasteiger partial charge in [-0.1, -0.05) is 12.1 Å². The predicted octanol–water partition coefficient (Wildman–Crippen LogP) is 4.74. The molecule has 26 heavy (non-hydrogen) atoms. The highest BCUT2D eigenvalue weighted by Gasteiger charge is 2.30. The summed E-state index contributed by atoms with van der Waals surface area (Å²) < 4.78 is 37.8. The van der Waals surface area contributed by atoms with E-state index in [-0.39, 0.29) is 12.5 Å². The van der Waals surface area contributed by atoms with Crippen LogP contribution in [-0.4, -0.2) is 27.8 Å². The highest BCUT2D eigenvalue weighted by molar-refractivity contribution is 7.09. The number of aryl methyl sites for hydroxylation is 1. The lowest BCUT2D eigenvalue weighted by Crippen LogP contribution is -2.26. The number of H-pyrrole nitrogens is 1. The van der Waals surface area contributed by atoms with Crippen LogP contribution in [0, 0.1) is 6.92 Å². The number of hydrogen-bond acceptors (Lipinski definition) is 3. The smallest absolute Gasteiger partial charge is 0.357 e. The van der Waals surface area contributed by atoms with Gasteiger partial charge < -0.3 is 9.88 Å². The lowest BCUT2D eigenvalue weighted by molar-refractivity contribution is -0.137. The van der Waals surface area contributed by atoms with Crippen molar-refractivity contribution >= 4 is 17.2 Å². The van der Waals surface area contributed by atoms with E-state index in [1.807, 2.05) is 12.3 Å². The standard InChI is InChI=1S/C18H16F3N3OS/c1-11-23-16(10-26-11)13-7-15(22-8-13)17(25)24(2)9-12-3-5-14(6-4-12)18(19,20)21/h3-8,10,22H,9H2,1-2H3. The van der Waals surface area contributed by atoms with E-state index in [9.17, 15) is 18.0 Å². The molecule has 0 aliphatic heterocycles. The molecule has 2 aromatic heterocycles. The molecule has 2 heterocycles. The fourth-order valence-electron chi connectivity index (χ4n) is 2.51. The van der Waals surface area contributed by atoms with E-state index in [2.05, 4.69) is 9.97 Å². The van der Waals surface area contributed by atoms with Crippen molar-refractivity contribution in [2.45, 2.75) is 19.6 Å². The first-order chi connectivity index (χ1) is 12.2. The Bertz CT molecular complexity index is 912. The molecule has 4 nitrogen and oxygen atoms in total. The van der Waals surface area contributed by atoms with Crippen LogP contribution in [0.3, 0.4) is 0 Å². The van der Waals surface area contributed by atoms with E-state index < -0.39 is 11.7 Å². The summed E-state index contributed by atoms with van der Waals surface area (Å²) in [5.41, 5.74) is 1.94. The van der Waals surface area contributed by atoms with Crippen LogP contribution in [0.2, 0.25) is 0 Å². The minimum absolute atomic E-state index is 0.209. The van der Waals surface area contributed by atoms with Crippen LogP contribution >= 0.6 is 11.3 Å². The number of nitrogens with one attached hydrogen (secondary N) is 1. The van der Waals surface area contributed by atoms with Crippen LogP contribution in [-0.2, 0) is 12.7 Å². The Morgan fingerprint density at radius 1 is 1.27 bits per heavy atom. The summed E-state index contributed by atoms with van der Waals surface area (Å²) in [4.78, 5) is 21.3. The Kier molecular flexibility index (Phi) is 4.86. The Morgan fingerprint density at radius 2 is 1.96 bits per heavy atom. The van der Waals surface area contributed by atoms with Crippen molar-refractivity contribution < 1.29 is 18.0 Å². The second-order valence-electron chi connectivity index (χ2n) is 5.91. The highest BCUT2D eigenvalue weighted by Crippen LogP contribution is 2.29. The number of carbonyl (C=O) groups excluding carboxylic acids is 1. The molecule has 0 saturated heterocycles. The first-order valence-electron chi connectivity index (χ1n) is 7.76. The zero-order chi connectivity index (χ0) is 18.9. The van der Waals surface area contributed by atoms with Gasteiger partial charge in [0.05, 0.1) is 16.3 Å². The van der Waals surface area contributed by atoms with Crippen LogP contribution in [0.5, 0.6) is 0 Å². The van der Waals surface area contributed by atoms with Gasteiger partial charge >= 0.3 is 6.18 Å². The largest absolute Gasteiger partial charge is 0.416 e. The maximum absolute atomic E-state index is 12.6. The topological polar surface area (TPSA) is 49.0 Å². The van der Waals surface area contributed by atoms with Gasteiger partial charge in [0.2, 0.25) is 0 Å². The summed E-state index contributed by atoms with van der Waals surface area (Å²) in [6.45, 7) is 2.12. The van der Waals surface area contributed by atoms with Gasteiger partial charge in [0.15, 0.2) is 0 Å². The van der Waals surface area contributed by atoms with Crippen molar-refractivity contribution in [3.8, 4) is 11.3 Å². The molecular formula is C18H16F3N3OS. The average Bonchev–Trinajstić information content (AvgIpc) is 3.22. The number of hydrogen-bond donors (Lipinski definition) is 1. The van der Waals surface area contributed by atoms with Gasteiger partial charge in [0.25, 0.3) is 5.91 Å². The number of amides is 1. The summed E-state index contributed by atoms with van der Waals surface area (Å²) in [5.74, 6) is -0.247. The van der Waals surface area contributed by atoms with Crippen molar-refractivity contribution in [3.05, 3.63) is 63.7 Å². The molecule has 1 aromatic carbocycles. The number of rotatable bonds is 4. The maximum Gasteiger partial charge on any atom is 0.416 e. The second-order valence-corrected chi connectivity index (χ2v) is 6.97. The van der Waals surface area contributed by atoms with Crippen LogP contribution in [0.15, 0.2) is 41.9 Å². The number of benzene rings is 1. The summed E-state index contributed by atoms with van der Waals surface area (Å²) in [6.07, 6.45) is -2.65. The normalized spacial score (nSPS) is 11.6. The molecule has 1 amide bonds. The first kappa shape index (κ1) is 18.2. The number of aromatic nitrogens is 2. The van der Waals surface area contributed by atoms with Gasteiger partial charge in [-0.25, -0.2) is 4.98 Å². The molecule has 3 rings (SSSR count). The van der Waals surface area contributed by atoms with Crippen molar-refractivity contribution in [2.24, 2.45) is 0 Å². The number of aromatic amines is 1. The number of thiazole rings is 1. The van der Waals surface area contributed by atoms with Gasteiger partial charge in [-0.3, -0.25) is 4.79 Å². The van der Waals surface area contributed by atoms with Crippen molar-refractivity contribution in [3.63, 3.8) is 0 Å². The lowest BCUT2D eigenvalue weighted by atomic mass is 10.1. The minimum Gasteiger partial charge on any atom is -0.357 e. The van der Waals surface area contributed by atoms with E-state index in [1.54, 1.807) is 19.3 Å². The molecule has 136 valence electrons. The molecular weight excluding hydrogens is 363 g/mol. The first-order valence-corrected chi connectivity index (χ1v) is 8.64. The third kappa shape index (κ3) is 3.96. The molecule has 0 radical (unpaired) electrons. The molecule has 0 saturated carbocycles. The molecule has 0 aliphatic rings. The monoisotopic (exact) mass is 379 g/mol. The third-order valence-corrected chi connectivity index (χ3v) is 4.65. The van der Waals surface area contributed by atoms with Gasteiger partial charge in [-0.05, 0) is 30.7 Å². The van der Waals surface area contributed by atoms with E-state index >= 15 is 0 Å². The van der Waals surface area contributed by atoms with Gasteiger partial charge in [-0.15, -0.1) is 11.3 Å². The van der Waals surface area contributed by atoms with Crippen LogP contribution in [0.1, 0.15) is 26.6 Å². The third-order valence-electron chi connectivity index (χ3n) is 3.88. The van der Waals surface area contributed by atoms with Gasteiger partial charge in [0.1, 0.15) is 5.69 Å². The molecule has 3 aromatic rings. The predicted molar refractivity (Wildman–Crippen MR) is 93.9 cm³/mol. The van der Waals surface area contributed by atoms with E-state index in [4.69, 9.17) is 0 Å². The fourth-order valence-corrected chi connectivity index (χ4v) is 3.13. The number of nitrogens with zero attached hydrogens (tertiary/aromatic N) is 2.